The van der Waals surface area contributed by atoms with Crippen LogP contribution in [0.3, 0.4) is 0 Å². The lowest BCUT2D eigenvalue weighted by Gasteiger charge is -1.46. The van der Waals surface area contributed by atoms with E-state index in [1.807, 2.05) is 0 Å². The minimum atomic E-state index is 0. The molecular weight excluding hydrogens is 139 g/mol. The summed E-state index contributed by atoms with van der Waals surface area (Å²) in [5, 5.41) is 0. The summed E-state index contributed by atoms with van der Waals surface area (Å²) in [4.78, 5) is 6.42. The maximum Gasteiger partial charge on any atom is 0.187 e. The summed E-state index contributed by atoms with van der Waals surface area (Å²) in [5.41, 5.74) is 0. The molecule has 0 aliphatic carbocycles. The maximum atomic E-state index is 3.67. The van der Waals surface area contributed by atoms with Gasteiger partial charge in [0.1, 0.15) is 0 Å². The average molecular weight is 152 g/mol. The van der Waals surface area contributed by atoms with Gasteiger partial charge < -0.3 is 21.4 Å². The predicted octanol–water partition coefficient (Wildman–Crippen LogP) is -3.25. The number of H-pyrrole nitrogens is 1. The van der Waals surface area contributed by atoms with Gasteiger partial charge in [0.25, 0.3) is 0 Å². The molecule has 0 aliphatic heterocycles. The monoisotopic (exact) mass is 152 g/mol. The van der Waals surface area contributed by atoms with Gasteiger partial charge in [-0.05, 0) is 0 Å². The number of aromatic amines is 1. The van der Waals surface area contributed by atoms with E-state index in [1.54, 1.807) is 18.7 Å². The number of rotatable bonds is 0. The number of nitrogens with one attached hydrogen (secondary N) is 1. The van der Waals surface area contributed by atoms with Crippen molar-refractivity contribution in [2.24, 2.45) is 0 Å². The molecule has 0 bridgehead atoms. The summed E-state index contributed by atoms with van der Waals surface area (Å²) in [6, 6.07) is 0. The molecule has 5 nitrogen and oxygen atoms in total. The molecule has 1 rings (SSSR count). The van der Waals surface area contributed by atoms with Crippen LogP contribution in [0.5, 0.6) is 0 Å². The summed E-state index contributed by atoms with van der Waals surface area (Å²) < 4.78 is 0. The zero-order chi connectivity index (χ0) is 3.54. The first kappa shape index (κ1) is 23.4. The molecule has 1 heterocycles. The van der Waals surface area contributed by atoms with E-state index < -0.39 is 0 Å². The van der Waals surface area contributed by atoms with Crippen molar-refractivity contribution in [3.8, 4) is 0 Å². The van der Waals surface area contributed by atoms with Crippen molar-refractivity contribution in [3.63, 3.8) is 0 Å². The van der Waals surface area contributed by atoms with Crippen LogP contribution in [0.2, 0.25) is 0 Å². The third-order valence-electron chi connectivity index (χ3n) is 0.406. The third kappa shape index (κ3) is 11.3. The van der Waals surface area contributed by atoms with Crippen molar-refractivity contribution >= 4 is 17.4 Å². The molecule has 0 fully saturated rings. The van der Waals surface area contributed by atoms with Crippen molar-refractivity contribution in [2.75, 3.05) is 0 Å². The van der Waals surface area contributed by atoms with Gasteiger partial charge in [0, 0.05) is 12.4 Å². The topological polar surface area (TPSA) is 123 Å². The zero-order valence-electron chi connectivity index (χ0n) is 4.18. The predicted molar refractivity (Wildman–Crippen MR) is 39.4 cm³/mol. The Bertz CT molecular complexity index is 73.5. The second-order valence-electron chi connectivity index (χ2n) is 0.761. The molecule has 0 aliphatic rings. The van der Waals surface area contributed by atoms with Gasteiger partial charge in [-0.3, -0.25) is 0 Å². The van der Waals surface area contributed by atoms with Crippen molar-refractivity contribution in [3.05, 3.63) is 18.7 Å². The van der Waals surface area contributed by atoms with Crippen LogP contribution in [0.4, 0.5) is 0 Å². The summed E-state index contributed by atoms with van der Waals surface area (Å²) in [7, 11) is 0. The van der Waals surface area contributed by atoms with Crippen LogP contribution in [0, 0.1) is 0 Å². The van der Waals surface area contributed by atoms with Crippen LogP contribution in [-0.4, -0.2) is 43.8 Å². The van der Waals surface area contributed by atoms with Crippen LogP contribution >= 0.6 is 0 Å². The lowest BCUT2D eigenvalue weighted by Crippen LogP contribution is -1.44. The minimum Gasteiger partial charge on any atom is -0.412 e. The van der Waals surface area contributed by atoms with Gasteiger partial charge in [0.15, 0.2) is 17.4 Å². The Hall–Kier alpha value is -0.378. The Morgan fingerprint density at radius 2 is 1.67 bits per heavy atom. The largest absolute Gasteiger partial charge is 0.412 e. The van der Waals surface area contributed by atoms with E-state index in [9.17, 15) is 0 Å². The molecular formula is C3H13AlN2O3. The Balaban J connectivity index is -0.0000000312. The molecule has 0 amide bonds. The van der Waals surface area contributed by atoms with Gasteiger partial charge in [0.05, 0.1) is 6.33 Å². The van der Waals surface area contributed by atoms with Gasteiger partial charge in [-0.1, -0.05) is 0 Å². The summed E-state index contributed by atoms with van der Waals surface area (Å²) >= 11 is 0. The van der Waals surface area contributed by atoms with Crippen LogP contribution in [0.1, 0.15) is 0 Å². The smallest absolute Gasteiger partial charge is 0.187 e. The molecule has 0 unspecified atom stereocenters. The maximum absolute atomic E-state index is 3.67. The van der Waals surface area contributed by atoms with E-state index in [4.69, 9.17) is 0 Å². The molecule has 0 atom stereocenters. The normalized spacial score (nSPS) is 4.44. The van der Waals surface area contributed by atoms with Gasteiger partial charge in [-0.2, -0.15) is 0 Å². The van der Waals surface area contributed by atoms with Crippen LogP contribution in [0.25, 0.3) is 0 Å². The summed E-state index contributed by atoms with van der Waals surface area (Å²) in [6.45, 7) is 0. The first-order chi connectivity index (χ1) is 2.50. The van der Waals surface area contributed by atoms with E-state index in [0.717, 1.165) is 0 Å². The first-order valence-electron chi connectivity index (χ1n) is 1.43. The molecule has 0 saturated carbocycles. The molecule has 1 aromatic heterocycles. The highest BCUT2D eigenvalue weighted by atomic mass is 27.0. The van der Waals surface area contributed by atoms with E-state index >= 15 is 0 Å². The Morgan fingerprint density at radius 3 is 1.78 bits per heavy atom. The summed E-state index contributed by atoms with van der Waals surface area (Å²) in [5.74, 6) is 0. The second-order valence-corrected chi connectivity index (χ2v) is 0.761. The average Bonchev–Trinajstić information content (AvgIpc) is 1.76. The molecule has 56 valence electrons. The van der Waals surface area contributed by atoms with E-state index in [1.165, 1.54) is 0 Å². The molecule has 1 aromatic rings. The van der Waals surface area contributed by atoms with Crippen molar-refractivity contribution in [1.82, 2.24) is 9.97 Å². The Morgan fingerprint density at radius 1 is 1.11 bits per heavy atom. The highest BCUT2D eigenvalue weighted by Crippen LogP contribution is 1.62. The number of aromatic nitrogens is 2. The molecule has 9 heavy (non-hydrogen) atoms. The number of nitrogens with zero attached hydrogens (tertiary/aromatic N) is 1. The highest BCUT2D eigenvalue weighted by Gasteiger charge is 1.56. The first-order valence-corrected chi connectivity index (χ1v) is 1.43. The van der Waals surface area contributed by atoms with Crippen molar-refractivity contribution < 1.29 is 16.4 Å². The lowest BCUT2D eigenvalue weighted by atomic mass is 11.0. The van der Waals surface area contributed by atoms with Crippen LogP contribution in [-0.2, 0) is 0 Å². The Kier molecular flexibility index (Phi) is 40.8. The zero-order valence-corrected chi connectivity index (χ0v) is 4.18. The van der Waals surface area contributed by atoms with Crippen LogP contribution in [0.15, 0.2) is 18.7 Å². The van der Waals surface area contributed by atoms with E-state index in [2.05, 4.69) is 9.97 Å². The highest BCUT2D eigenvalue weighted by molar-refractivity contribution is 5.75. The lowest BCUT2D eigenvalue weighted by molar-refractivity contribution is 0.823. The van der Waals surface area contributed by atoms with Crippen molar-refractivity contribution in [2.45, 2.75) is 0 Å². The van der Waals surface area contributed by atoms with E-state index in [0.29, 0.717) is 0 Å². The molecule has 7 N–H and O–H groups in total. The van der Waals surface area contributed by atoms with Gasteiger partial charge in [-0.25, -0.2) is 4.98 Å². The van der Waals surface area contributed by atoms with Gasteiger partial charge in [-0.15, -0.1) is 0 Å². The Labute approximate surface area is 63.2 Å². The number of imidazole rings is 1. The molecule has 0 spiro atoms. The third-order valence-corrected chi connectivity index (χ3v) is 0.406. The summed E-state index contributed by atoms with van der Waals surface area (Å²) in [6.07, 6.45) is 5.08. The van der Waals surface area contributed by atoms with Crippen molar-refractivity contribution in [1.29, 1.82) is 0 Å². The fourth-order valence-electron chi connectivity index (χ4n) is 0.215. The second kappa shape index (κ2) is 15.6. The van der Waals surface area contributed by atoms with Crippen LogP contribution < -0.4 is 0 Å². The van der Waals surface area contributed by atoms with E-state index in [-0.39, 0.29) is 33.8 Å². The fourth-order valence-corrected chi connectivity index (χ4v) is 0.215. The number of hydrogen-bond acceptors (Lipinski definition) is 1. The molecule has 6 heteroatoms. The fraction of sp³-hybridized carbons (Fsp3) is 0. The molecule has 0 radical (unpaired) electrons. The number of hydrogen-bond donors (Lipinski definition) is 1. The molecule has 0 saturated heterocycles. The molecule has 0 aromatic carbocycles. The van der Waals surface area contributed by atoms with Gasteiger partial charge >= 0.3 is 0 Å². The minimum absolute atomic E-state index is 0. The quantitative estimate of drug-likeness (QED) is 0.385. The SMILES string of the molecule is O.O.O.[AlH3].c1c[nH]cn1. The van der Waals surface area contributed by atoms with Gasteiger partial charge in [0.2, 0.25) is 0 Å². The standard InChI is InChI=1S/C3H4N2.Al.3H2O.3H/c1-2-5-3-4-1;;;;;;;/h1-3H,(H,4,5);;3*1H2;;;.